The fourth-order valence-electron chi connectivity index (χ4n) is 2.13. The highest BCUT2D eigenvalue weighted by atomic mass is 16.6. The molecule has 112 valence electrons. The van der Waals surface area contributed by atoms with Crippen LogP contribution in [0.3, 0.4) is 0 Å². The minimum absolute atomic E-state index is 0.0287. The van der Waals surface area contributed by atoms with Gasteiger partial charge in [0, 0.05) is 19.6 Å². The number of rotatable bonds is 5. The first kappa shape index (κ1) is 14.8. The second kappa shape index (κ2) is 6.71. The SMILES string of the molecule is CCOc1nc(C(=O)N2CCOC(CN(C)C)C2)co1. The van der Waals surface area contributed by atoms with Gasteiger partial charge in [-0.1, -0.05) is 0 Å². The maximum absolute atomic E-state index is 12.3. The molecule has 2 rings (SSSR count). The zero-order chi connectivity index (χ0) is 14.5. The van der Waals surface area contributed by atoms with Crippen LogP contribution in [0, 0.1) is 0 Å². The number of hydrogen-bond donors (Lipinski definition) is 0. The van der Waals surface area contributed by atoms with Crippen LogP contribution in [0.4, 0.5) is 0 Å². The van der Waals surface area contributed by atoms with Gasteiger partial charge < -0.3 is 23.7 Å². The quantitative estimate of drug-likeness (QED) is 0.783. The molecule has 1 aromatic heterocycles. The van der Waals surface area contributed by atoms with E-state index in [4.69, 9.17) is 13.9 Å². The Morgan fingerprint density at radius 1 is 1.60 bits per heavy atom. The van der Waals surface area contributed by atoms with Gasteiger partial charge in [-0.25, -0.2) is 0 Å². The Labute approximate surface area is 118 Å². The highest BCUT2D eigenvalue weighted by Gasteiger charge is 2.27. The van der Waals surface area contributed by atoms with Crippen LogP contribution < -0.4 is 4.74 Å². The molecule has 1 aliphatic heterocycles. The van der Waals surface area contributed by atoms with Crippen molar-refractivity contribution < 1.29 is 18.7 Å². The molecule has 1 atom stereocenters. The van der Waals surface area contributed by atoms with E-state index in [1.54, 1.807) is 4.90 Å². The van der Waals surface area contributed by atoms with Crippen molar-refractivity contribution in [1.82, 2.24) is 14.8 Å². The summed E-state index contributed by atoms with van der Waals surface area (Å²) >= 11 is 0. The van der Waals surface area contributed by atoms with Gasteiger partial charge in [0.15, 0.2) is 5.69 Å². The van der Waals surface area contributed by atoms with Gasteiger partial charge in [-0.05, 0) is 21.0 Å². The van der Waals surface area contributed by atoms with E-state index in [0.29, 0.717) is 26.3 Å². The number of carbonyl (C=O) groups excluding carboxylic acids is 1. The molecule has 1 unspecified atom stereocenters. The largest absolute Gasteiger partial charge is 0.450 e. The molecular formula is C13H21N3O4. The summed E-state index contributed by atoms with van der Waals surface area (Å²) in [7, 11) is 3.96. The molecule has 0 N–H and O–H groups in total. The number of ether oxygens (including phenoxy) is 2. The zero-order valence-corrected chi connectivity index (χ0v) is 12.2. The summed E-state index contributed by atoms with van der Waals surface area (Å²) in [6.45, 7) is 4.75. The molecule has 1 fully saturated rings. The predicted octanol–water partition coefficient (Wildman–Crippen LogP) is 0.476. The molecule has 1 amide bonds. The van der Waals surface area contributed by atoms with Crippen molar-refractivity contribution in [3.05, 3.63) is 12.0 Å². The first-order chi connectivity index (χ1) is 9.60. The second-order valence-electron chi connectivity index (χ2n) is 4.94. The molecule has 2 heterocycles. The number of likely N-dealkylation sites (N-methyl/N-ethyl adjacent to an activating group) is 1. The topological polar surface area (TPSA) is 68.0 Å². The van der Waals surface area contributed by atoms with Crippen molar-refractivity contribution in [2.24, 2.45) is 0 Å². The molecule has 1 saturated heterocycles. The second-order valence-corrected chi connectivity index (χ2v) is 4.94. The van der Waals surface area contributed by atoms with Crippen LogP contribution in [-0.2, 0) is 4.74 Å². The maximum Gasteiger partial charge on any atom is 0.394 e. The van der Waals surface area contributed by atoms with Crippen molar-refractivity contribution in [1.29, 1.82) is 0 Å². The van der Waals surface area contributed by atoms with E-state index < -0.39 is 0 Å². The molecule has 0 bridgehead atoms. The lowest BCUT2D eigenvalue weighted by molar-refractivity contribution is -0.0308. The van der Waals surface area contributed by atoms with Crippen LogP contribution in [0.1, 0.15) is 17.4 Å². The van der Waals surface area contributed by atoms with Crippen LogP contribution in [-0.4, -0.2) is 73.7 Å². The number of carbonyl (C=O) groups is 1. The van der Waals surface area contributed by atoms with Gasteiger partial charge in [-0.3, -0.25) is 4.79 Å². The predicted molar refractivity (Wildman–Crippen MR) is 71.9 cm³/mol. The monoisotopic (exact) mass is 283 g/mol. The summed E-state index contributed by atoms with van der Waals surface area (Å²) in [4.78, 5) is 20.1. The average molecular weight is 283 g/mol. The highest BCUT2D eigenvalue weighted by Crippen LogP contribution is 2.14. The molecule has 1 aromatic rings. The molecule has 0 aliphatic carbocycles. The first-order valence-electron chi connectivity index (χ1n) is 6.74. The van der Waals surface area contributed by atoms with Gasteiger partial charge in [0.25, 0.3) is 5.91 Å². The fraction of sp³-hybridized carbons (Fsp3) is 0.692. The van der Waals surface area contributed by atoms with Crippen LogP contribution in [0.25, 0.3) is 0 Å². The number of aromatic nitrogens is 1. The van der Waals surface area contributed by atoms with E-state index in [0.717, 1.165) is 6.54 Å². The molecule has 7 heteroatoms. The van der Waals surface area contributed by atoms with Crippen molar-refractivity contribution in [3.8, 4) is 6.08 Å². The average Bonchev–Trinajstić information content (AvgIpc) is 2.86. The molecule has 20 heavy (non-hydrogen) atoms. The Kier molecular flexibility index (Phi) is 4.97. The Hall–Kier alpha value is -1.60. The van der Waals surface area contributed by atoms with Crippen LogP contribution in [0.2, 0.25) is 0 Å². The summed E-state index contributed by atoms with van der Waals surface area (Å²) in [6, 6.07) is 0. The molecule has 7 nitrogen and oxygen atoms in total. The van der Waals surface area contributed by atoms with Crippen molar-refractivity contribution in [2.75, 3.05) is 46.9 Å². The van der Waals surface area contributed by atoms with E-state index in [1.807, 2.05) is 25.9 Å². The van der Waals surface area contributed by atoms with E-state index in [1.165, 1.54) is 6.26 Å². The van der Waals surface area contributed by atoms with E-state index in [9.17, 15) is 4.79 Å². The molecule has 0 aromatic carbocycles. The Bertz CT molecular complexity index is 447. The van der Waals surface area contributed by atoms with E-state index in [2.05, 4.69) is 4.98 Å². The lowest BCUT2D eigenvalue weighted by Crippen LogP contribution is -2.48. The van der Waals surface area contributed by atoms with E-state index in [-0.39, 0.29) is 23.8 Å². The van der Waals surface area contributed by atoms with E-state index >= 15 is 0 Å². The summed E-state index contributed by atoms with van der Waals surface area (Å²) in [5, 5.41) is 0. The molecule has 0 spiro atoms. The smallest absolute Gasteiger partial charge is 0.394 e. The molecule has 0 saturated carbocycles. The maximum atomic E-state index is 12.3. The third kappa shape index (κ3) is 3.71. The molecular weight excluding hydrogens is 262 g/mol. The molecule has 1 aliphatic rings. The normalized spacial score (nSPS) is 19.4. The van der Waals surface area contributed by atoms with Gasteiger partial charge in [-0.15, -0.1) is 0 Å². The number of amides is 1. The Morgan fingerprint density at radius 3 is 3.10 bits per heavy atom. The van der Waals surface area contributed by atoms with Gasteiger partial charge in [0.05, 0.1) is 19.3 Å². The number of nitrogens with zero attached hydrogens (tertiary/aromatic N) is 3. The Morgan fingerprint density at radius 2 is 2.40 bits per heavy atom. The van der Waals surface area contributed by atoms with Crippen molar-refractivity contribution >= 4 is 5.91 Å². The van der Waals surface area contributed by atoms with Gasteiger partial charge in [0.1, 0.15) is 6.26 Å². The summed E-state index contributed by atoms with van der Waals surface area (Å²) in [5.41, 5.74) is 0.277. The lowest BCUT2D eigenvalue weighted by Gasteiger charge is -2.33. The third-order valence-electron chi connectivity index (χ3n) is 2.96. The van der Waals surface area contributed by atoms with Crippen LogP contribution in [0.5, 0.6) is 6.08 Å². The lowest BCUT2D eigenvalue weighted by atomic mass is 10.2. The number of oxazole rings is 1. The number of hydrogen-bond acceptors (Lipinski definition) is 6. The summed E-state index contributed by atoms with van der Waals surface area (Å²) in [5.74, 6) is -0.147. The minimum atomic E-state index is -0.147. The third-order valence-corrected chi connectivity index (χ3v) is 2.96. The van der Waals surface area contributed by atoms with Crippen molar-refractivity contribution in [2.45, 2.75) is 13.0 Å². The van der Waals surface area contributed by atoms with Gasteiger partial charge >= 0.3 is 6.08 Å². The highest BCUT2D eigenvalue weighted by molar-refractivity contribution is 5.92. The van der Waals surface area contributed by atoms with Crippen molar-refractivity contribution in [3.63, 3.8) is 0 Å². The Balaban J connectivity index is 1.96. The summed E-state index contributed by atoms with van der Waals surface area (Å²) in [6.07, 6.45) is 1.50. The summed E-state index contributed by atoms with van der Waals surface area (Å²) < 4.78 is 15.9. The zero-order valence-electron chi connectivity index (χ0n) is 12.2. The fourth-order valence-corrected chi connectivity index (χ4v) is 2.13. The minimum Gasteiger partial charge on any atom is -0.450 e. The van der Waals surface area contributed by atoms with Gasteiger partial charge in [-0.2, -0.15) is 4.98 Å². The van der Waals surface area contributed by atoms with Crippen LogP contribution in [0.15, 0.2) is 10.7 Å². The van der Waals surface area contributed by atoms with Gasteiger partial charge in [0.2, 0.25) is 0 Å². The first-order valence-corrected chi connectivity index (χ1v) is 6.74. The number of morpholine rings is 1. The standard InChI is InChI=1S/C13H21N3O4/c1-4-18-13-14-11(9-20-13)12(17)16-5-6-19-10(8-16)7-15(2)3/h9-10H,4-8H2,1-3H3. The van der Waals surface area contributed by atoms with Crippen LogP contribution >= 0.6 is 0 Å². The molecule has 0 radical (unpaired) electrons.